The topological polar surface area (TPSA) is 30.5 Å². The number of benzene rings is 1. The molecule has 1 atom stereocenters. The van der Waals surface area contributed by atoms with Crippen LogP contribution in [0.5, 0.6) is 5.75 Å². The van der Waals surface area contributed by atoms with Crippen LogP contribution in [0, 0.1) is 0 Å². The number of unbranched alkanes of at least 4 members (excludes halogenated alkanes) is 1. The molecule has 3 heteroatoms. The fourth-order valence-corrected chi connectivity index (χ4v) is 2.09. The minimum Gasteiger partial charge on any atom is -0.494 e. The van der Waals surface area contributed by atoms with Crippen LogP contribution >= 0.6 is 0 Å². The molecular weight excluding hydrogens is 250 g/mol. The first-order chi connectivity index (χ1) is 9.80. The molecule has 0 spiro atoms. The van der Waals surface area contributed by atoms with Gasteiger partial charge in [-0.05, 0) is 30.5 Å². The lowest BCUT2D eigenvalue weighted by Crippen LogP contribution is -2.32. The van der Waals surface area contributed by atoms with Crippen LogP contribution in [0.25, 0.3) is 0 Å². The molecule has 0 aliphatic heterocycles. The summed E-state index contributed by atoms with van der Waals surface area (Å²) in [5.41, 5.74) is 1.28. The summed E-state index contributed by atoms with van der Waals surface area (Å²) in [6.45, 7) is 6.83. The van der Waals surface area contributed by atoms with E-state index in [0.29, 0.717) is 6.04 Å². The third kappa shape index (κ3) is 6.92. The zero-order chi connectivity index (χ0) is 14.6. The molecule has 1 N–H and O–H groups in total. The molecule has 0 aliphatic carbocycles. The molecule has 1 aromatic rings. The summed E-state index contributed by atoms with van der Waals surface area (Å²) in [5.74, 6) is 0.962. The molecule has 0 aliphatic rings. The zero-order valence-corrected chi connectivity index (χ0v) is 13.2. The van der Waals surface area contributed by atoms with Gasteiger partial charge in [-0.2, -0.15) is 0 Å². The highest BCUT2D eigenvalue weighted by atomic mass is 16.5. The average molecular weight is 279 g/mol. The van der Waals surface area contributed by atoms with Gasteiger partial charge in [-0.3, -0.25) is 0 Å². The van der Waals surface area contributed by atoms with Gasteiger partial charge in [0.2, 0.25) is 0 Å². The van der Waals surface area contributed by atoms with Gasteiger partial charge < -0.3 is 14.8 Å². The molecular formula is C17H29NO2. The molecule has 3 nitrogen and oxygen atoms in total. The van der Waals surface area contributed by atoms with E-state index in [2.05, 4.69) is 43.4 Å². The summed E-state index contributed by atoms with van der Waals surface area (Å²) in [4.78, 5) is 0. The molecule has 0 amide bonds. The fourth-order valence-electron chi connectivity index (χ4n) is 2.09. The number of rotatable bonds is 11. The minimum atomic E-state index is 0.436. The van der Waals surface area contributed by atoms with Crippen molar-refractivity contribution in [1.29, 1.82) is 0 Å². The molecule has 1 aromatic carbocycles. The molecule has 0 saturated heterocycles. The number of hydrogen-bond donors (Lipinski definition) is 1. The van der Waals surface area contributed by atoms with Gasteiger partial charge in [-0.1, -0.05) is 38.8 Å². The molecule has 20 heavy (non-hydrogen) atoms. The van der Waals surface area contributed by atoms with Gasteiger partial charge in [-0.25, -0.2) is 0 Å². The Morgan fingerprint density at radius 3 is 2.45 bits per heavy atom. The average Bonchev–Trinajstić information content (AvgIpc) is 2.47. The van der Waals surface area contributed by atoms with Gasteiger partial charge in [0.05, 0.1) is 13.2 Å². The maximum atomic E-state index is 5.66. The highest BCUT2D eigenvalue weighted by molar-refractivity contribution is 5.27. The van der Waals surface area contributed by atoms with Crippen LogP contribution in [0.4, 0.5) is 0 Å². The second kappa shape index (κ2) is 10.7. The Labute approximate surface area is 123 Å². The van der Waals surface area contributed by atoms with E-state index in [9.17, 15) is 0 Å². The van der Waals surface area contributed by atoms with Gasteiger partial charge in [0.1, 0.15) is 5.75 Å². The smallest absolute Gasteiger partial charge is 0.119 e. The standard InChI is InChI=1S/C17H29NO2/c1-4-6-12-20-17-10-8-15(9-11-17)13-18-16(7-5-2)14-19-3/h8-11,16,18H,4-7,12-14H2,1-3H3. The Hall–Kier alpha value is -1.06. The lowest BCUT2D eigenvalue weighted by Gasteiger charge is -2.17. The summed E-state index contributed by atoms with van der Waals surface area (Å²) < 4.78 is 10.9. The van der Waals surface area contributed by atoms with E-state index in [1.165, 1.54) is 18.4 Å². The first-order valence-electron chi connectivity index (χ1n) is 7.74. The second-order valence-corrected chi connectivity index (χ2v) is 5.17. The van der Waals surface area contributed by atoms with Gasteiger partial charge in [-0.15, -0.1) is 0 Å². The maximum absolute atomic E-state index is 5.66. The molecule has 1 unspecified atom stereocenters. The first kappa shape index (κ1) is 17.0. The fraction of sp³-hybridized carbons (Fsp3) is 0.647. The molecule has 0 fully saturated rings. The Morgan fingerprint density at radius 2 is 1.85 bits per heavy atom. The van der Waals surface area contributed by atoms with Crippen LogP contribution in [0.2, 0.25) is 0 Å². The van der Waals surface area contributed by atoms with Crippen molar-refractivity contribution in [2.24, 2.45) is 0 Å². The van der Waals surface area contributed by atoms with E-state index in [1.54, 1.807) is 7.11 Å². The third-order valence-corrected chi connectivity index (χ3v) is 3.29. The Kier molecular flexibility index (Phi) is 9.09. The predicted molar refractivity (Wildman–Crippen MR) is 84.3 cm³/mol. The van der Waals surface area contributed by atoms with Gasteiger partial charge in [0.25, 0.3) is 0 Å². The summed E-state index contributed by atoms with van der Waals surface area (Å²) in [6.07, 6.45) is 4.59. The van der Waals surface area contributed by atoms with Crippen molar-refractivity contribution in [2.75, 3.05) is 20.3 Å². The van der Waals surface area contributed by atoms with E-state index in [0.717, 1.165) is 38.3 Å². The molecule has 1 rings (SSSR count). The zero-order valence-electron chi connectivity index (χ0n) is 13.2. The molecule has 0 saturated carbocycles. The lowest BCUT2D eigenvalue weighted by atomic mass is 10.1. The van der Waals surface area contributed by atoms with Crippen molar-refractivity contribution in [3.8, 4) is 5.75 Å². The molecule has 0 radical (unpaired) electrons. The number of ether oxygens (including phenoxy) is 2. The van der Waals surface area contributed by atoms with E-state index in [4.69, 9.17) is 9.47 Å². The normalized spacial score (nSPS) is 12.3. The summed E-state index contributed by atoms with van der Waals surface area (Å²) in [7, 11) is 1.76. The number of methoxy groups -OCH3 is 1. The molecule has 0 bridgehead atoms. The van der Waals surface area contributed by atoms with Crippen LogP contribution in [0.3, 0.4) is 0 Å². The summed E-state index contributed by atoms with van der Waals surface area (Å²) in [5, 5.41) is 3.54. The monoisotopic (exact) mass is 279 g/mol. The van der Waals surface area contributed by atoms with E-state index in [1.807, 2.05) is 0 Å². The van der Waals surface area contributed by atoms with Crippen LogP contribution in [-0.4, -0.2) is 26.4 Å². The van der Waals surface area contributed by atoms with Crippen LogP contribution in [-0.2, 0) is 11.3 Å². The van der Waals surface area contributed by atoms with Crippen LogP contribution in [0.15, 0.2) is 24.3 Å². The first-order valence-corrected chi connectivity index (χ1v) is 7.74. The highest BCUT2D eigenvalue weighted by Gasteiger charge is 2.06. The van der Waals surface area contributed by atoms with Crippen molar-refractivity contribution in [3.63, 3.8) is 0 Å². The largest absolute Gasteiger partial charge is 0.494 e. The van der Waals surface area contributed by atoms with Crippen LogP contribution in [0.1, 0.15) is 45.1 Å². The number of hydrogen-bond acceptors (Lipinski definition) is 3. The van der Waals surface area contributed by atoms with E-state index < -0.39 is 0 Å². The minimum absolute atomic E-state index is 0.436. The van der Waals surface area contributed by atoms with E-state index in [-0.39, 0.29) is 0 Å². The SMILES string of the molecule is CCCCOc1ccc(CNC(CCC)COC)cc1. The highest BCUT2D eigenvalue weighted by Crippen LogP contribution is 2.13. The Balaban J connectivity index is 2.36. The lowest BCUT2D eigenvalue weighted by molar-refractivity contribution is 0.161. The molecule has 114 valence electrons. The van der Waals surface area contributed by atoms with Crippen LogP contribution < -0.4 is 10.1 Å². The van der Waals surface area contributed by atoms with Crippen molar-refractivity contribution >= 4 is 0 Å². The second-order valence-electron chi connectivity index (χ2n) is 5.17. The summed E-state index contributed by atoms with van der Waals surface area (Å²) >= 11 is 0. The van der Waals surface area contributed by atoms with Crippen molar-refractivity contribution in [1.82, 2.24) is 5.32 Å². The quantitative estimate of drug-likeness (QED) is 0.625. The number of nitrogens with one attached hydrogen (secondary N) is 1. The predicted octanol–water partition coefficient (Wildman–Crippen LogP) is 3.77. The van der Waals surface area contributed by atoms with Gasteiger partial charge >= 0.3 is 0 Å². The van der Waals surface area contributed by atoms with Crippen molar-refractivity contribution < 1.29 is 9.47 Å². The Bertz CT molecular complexity index is 331. The van der Waals surface area contributed by atoms with E-state index >= 15 is 0 Å². The van der Waals surface area contributed by atoms with Crippen molar-refractivity contribution in [2.45, 2.75) is 52.1 Å². The summed E-state index contributed by atoms with van der Waals surface area (Å²) in [6, 6.07) is 8.80. The Morgan fingerprint density at radius 1 is 1.10 bits per heavy atom. The molecule has 0 aromatic heterocycles. The molecule has 0 heterocycles. The third-order valence-electron chi connectivity index (χ3n) is 3.29. The van der Waals surface area contributed by atoms with Gasteiger partial charge in [0.15, 0.2) is 0 Å². The van der Waals surface area contributed by atoms with Crippen molar-refractivity contribution in [3.05, 3.63) is 29.8 Å². The van der Waals surface area contributed by atoms with Gasteiger partial charge in [0, 0.05) is 19.7 Å². The maximum Gasteiger partial charge on any atom is 0.119 e.